The van der Waals surface area contributed by atoms with Crippen LogP contribution in [-0.4, -0.2) is 63.0 Å². The lowest BCUT2D eigenvalue weighted by atomic mass is 10.1. The number of ketones is 2. The Bertz CT molecular complexity index is 1170. The second-order valence-corrected chi connectivity index (χ2v) is 8.16. The molecule has 9 heteroatoms. The third-order valence-electron chi connectivity index (χ3n) is 5.55. The standard InChI is InChI=1S/C27H30N2O7/c1-33-23-10-6-18(14-25(23)34-2)4-8-21(30)16-22(31)9-5-19-7-11-24(26(15-19)35-3)36-27(32)29-13-12-20(28)17-29/h4-11,14-15,20H,12-13,16-17,28H2,1-3H3/b8-4+,9-5+. The van der Waals surface area contributed by atoms with Crippen LogP contribution in [0.4, 0.5) is 4.79 Å². The van der Waals surface area contributed by atoms with Crippen molar-refractivity contribution in [2.45, 2.75) is 18.9 Å². The first kappa shape index (κ1) is 26.5. The second kappa shape index (κ2) is 12.6. The van der Waals surface area contributed by atoms with Gasteiger partial charge in [0, 0.05) is 19.1 Å². The Morgan fingerprint density at radius 2 is 1.39 bits per heavy atom. The fourth-order valence-electron chi connectivity index (χ4n) is 3.61. The molecule has 2 N–H and O–H groups in total. The van der Waals surface area contributed by atoms with Crippen molar-refractivity contribution >= 4 is 29.8 Å². The molecular weight excluding hydrogens is 464 g/mol. The Kier molecular flexibility index (Phi) is 9.24. The van der Waals surface area contributed by atoms with Crippen LogP contribution in [0.25, 0.3) is 12.2 Å². The molecular formula is C27H30N2O7. The molecule has 36 heavy (non-hydrogen) atoms. The van der Waals surface area contributed by atoms with Gasteiger partial charge < -0.3 is 29.6 Å². The number of likely N-dealkylation sites (tertiary alicyclic amines) is 1. The van der Waals surface area contributed by atoms with Gasteiger partial charge in [-0.2, -0.15) is 0 Å². The van der Waals surface area contributed by atoms with Crippen molar-refractivity contribution in [2.75, 3.05) is 34.4 Å². The molecule has 3 rings (SSSR count). The molecule has 1 heterocycles. The number of allylic oxidation sites excluding steroid dienone is 2. The number of hydrogen-bond donors (Lipinski definition) is 1. The largest absolute Gasteiger partial charge is 0.493 e. The molecule has 2 aromatic rings. The average Bonchev–Trinajstić information content (AvgIpc) is 3.32. The van der Waals surface area contributed by atoms with Gasteiger partial charge >= 0.3 is 6.09 Å². The lowest BCUT2D eigenvalue weighted by Gasteiger charge is -2.16. The van der Waals surface area contributed by atoms with Crippen LogP contribution in [0.5, 0.6) is 23.0 Å². The van der Waals surface area contributed by atoms with Gasteiger partial charge in [0.05, 0.1) is 27.8 Å². The summed E-state index contributed by atoms with van der Waals surface area (Å²) < 4.78 is 21.2. The van der Waals surface area contributed by atoms with Crippen molar-refractivity contribution in [2.24, 2.45) is 5.73 Å². The van der Waals surface area contributed by atoms with Crippen molar-refractivity contribution in [1.29, 1.82) is 0 Å². The molecule has 190 valence electrons. The van der Waals surface area contributed by atoms with Gasteiger partial charge in [0.1, 0.15) is 0 Å². The predicted molar refractivity (Wildman–Crippen MR) is 135 cm³/mol. The van der Waals surface area contributed by atoms with Crippen molar-refractivity contribution in [3.8, 4) is 23.0 Å². The molecule has 1 aliphatic rings. The zero-order valence-electron chi connectivity index (χ0n) is 20.6. The maximum Gasteiger partial charge on any atom is 0.415 e. The molecule has 1 unspecified atom stereocenters. The first-order valence-corrected chi connectivity index (χ1v) is 11.4. The number of carbonyl (C=O) groups is 3. The minimum Gasteiger partial charge on any atom is -0.493 e. The normalized spacial score (nSPS) is 15.3. The average molecular weight is 495 g/mol. The molecule has 9 nitrogen and oxygen atoms in total. The zero-order chi connectivity index (χ0) is 26.1. The minimum absolute atomic E-state index is 0.0437. The summed E-state index contributed by atoms with van der Waals surface area (Å²) in [5.74, 6) is 1.05. The summed E-state index contributed by atoms with van der Waals surface area (Å²) in [6, 6.07) is 10.1. The van der Waals surface area contributed by atoms with Gasteiger partial charge in [-0.15, -0.1) is 0 Å². The highest BCUT2D eigenvalue weighted by Gasteiger charge is 2.25. The van der Waals surface area contributed by atoms with E-state index in [4.69, 9.17) is 24.7 Å². The SMILES string of the molecule is COc1ccc(/C=C/C(=O)CC(=O)/C=C/c2ccc(OC(=O)N3CCC(N)C3)c(OC)c2)cc1OC. The molecule has 0 bridgehead atoms. The molecule has 1 amide bonds. The molecule has 1 saturated heterocycles. The van der Waals surface area contributed by atoms with E-state index >= 15 is 0 Å². The van der Waals surface area contributed by atoms with Crippen molar-refractivity contribution in [1.82, 2.24) is 4.90 Å². The number of nitrogens with zero attached hydrogens (tertiary/aromatic N) is 1. The van der Waals surface area contributed by atoms with Gasteiger partial charge in [-0.3, -0.25) is 9.59 Å². The van der Waals surface area contributed by atoms with E-state index in [2.05, 4.69) is 0 Å². The van der Waals surface area contributed by atoms with E-state index in [0.717, 1.165) is 12.0 Å². The van der Waals surface area contributed by atoms with Crippen LogP contribution >= 0.6 is 0 Å². The highest BCUT2D eigenvalue weighted by Crippen LogP contribution is 2.30. The van der Waals surface area contributed by atoms with Crippen molar-refractivity contribution < 1.29 is 33.3 Å². The number of benzene rings is 2. The Labute approximate surface area is 210 Å². The highest BCUT2D eigenvalue weighted by molar-refractivity contribution is 6.10. The van der Waals surface area contributed by atoms with Gasteiger partial charge in [0.2, 0.25) is 0 Å². The lowest BCUT2D eigenvalue weighted by molar-refractivity contribution is -0.121. The number of amides is 1. The topological polar surface area (TPSA) is 117 Å². The molecule has 0 saturated carbocycles. The van der Waals surface area contributed by atoms with Gasteiger partial charge in [-0.1, -0.05) is 24.3 Å². The summed E-state index contributed by atoms with van der Waals surface area (Å²) in [5.41, 5.74) is 7.23. The Balaban J connectivity index is 1.57. The van der Waals surface area contributed by atoms with Crippen molar-refractivity contribution in [3.63, 3.8) is 0 Å². The summed E-state index contributed by atoms with van der Waals surface area (Å²) in [4.78, 5) is 38.4. The first-order chi connectivity index (χ1) is 17.3. The van der Waals surface area contributed by atoms with E-state index in [1.807, 2.05) is 0 Å². The van der Waals surface area contributed by atoms with Crippen molar-refractivity contribution in [3.05, 3.63) is 59.7 Å². The fraction of sp³-hybridized carbons (Fsp3) is 0.296. The maximum absolute atomic E-state index is 12.3. The summed E-state index contributed by atoms with van der Waals surface area (Å²) >= 11 is 0. The monoisotopic (exact) mass is 494 g/mol. The molecule has 1 atom stereocenters. The van der Waals surface area contributed by atoms with Gasteiger partial charge in [0.25, 0.3) is 0 Å². The molecule has 0 aliphatic carbocycles. The highest BCUT2D eigenvalue weighted by atomic mass is 16.6. The zero-order valence-corrected chi connectivity index (χ0v) is 20.6. The second-order valence-electron chi connectivity index (χ2n) is 8.16. The number of hydrogen-bond acceptors (Lipinski definition) is 8. The fourth-order valence-corrected chi connectivity index (χ4v) is 3.61. The van der Waals surface area contributed by atoms with E-state index in [0.29, 0.717) is 35.9 Å². The quantitative estimate of drug-likeness (QED) is 0.394. The molecule has 0 spiro atoms. The van der Waals surface area contributed by atoms with Crippen LogP contribution in [0, 0.1) is 0 Å². The minimum atomic E-state index is -0.487. The van der Waals surface area contributed by atoms with E-state index < -0.39 is 6.09 Å². The number of carbonyl (C=O) groups excluding carboxylic acids is 3. The first-order valence-electron chi connectivity index (χ1n) is 11.4. The van der Waals surface area contributed by atoms with Gasteiger partial charge in [-0.25, -0.2) is 4.79 Å². The Morgan fingerprint density at radius 1 is 0.861 bits per heavy atom. The predicted octanol–water partition coefficient (Wildman–Crippen LogP) is 3.50. The van der Waals surface area contributed by atoms with Crippen LogP contribution < -0.4 is 24.7 Å². The van der Waals surface area contributed by atoms with E-state index in [-0.39, 0.29) is 29.8 Å². The lowest BCUT2D eigenvalue weighted by Crippen LogP contribution is -2.34. The van der Waals surface area contributed by atoms with Crippen LogP contribution in [-0.2, 0) is 9.59 Å². The molecule has 1 fully saturated rings. The Morgan fingerprint density at radius 3 is 1.89 bits per heavy atom. The molecule has 0 radical (unpaired) electrons. The smallest absolute Gasteiger partial charge is 0.415 e. The number of ether oxygens (including phenoxy) is 4. The van der Waals surface area contributed by atoms with Gasteiger partial charge in [0.15, 0.2) is 34.6 Å². The molecule has 2 aromatic carbocycles. The van der Waals surface area contributed by atoms with Crippen LogP contribution in [0.3, 0.4) is 0 Å². The number of rotatable bonds is 10. The summed E-state index contributed by atoms with van der Waals surface area (Å²) in [6.07, 6.45) is 5.84. The number of methoxy groups -OCH3 is 3. The number of nitrogens with two attached hydrogens (primary N) is 1. The third-order valence-corrected chi connectivity index (χ3v) is 5.55. The van der Waals surface area contributed by atoms with Crippen LogP contribution in [0.15, 0.2) is 48.6 Å². The van der Waals surface area contributed by atoms with E-state index in [9.17, 15) is 14.4 Å². The molecule has 1 aliphatic heterocycles. The third kappa shape index (κ3) is 7.19. The van der Waals surface area contributed by atoms with E-state index in [1.54, 1.807) is 60.6 Å². The Hall–Kier alpha value is -4.11. The molecule has 0 aromatic heterocycles. The van der Waals surface area contributed by atoms with Crippen LogP contribution in [0.1, 0.15) is 24.0 Å². The summed E-state index contributed by atoms with van der Waals surface area (Å²) in [5, 5.41) is 0. The summed E-state index contributed by atoms with van der Waals surface area (Å²) in [6.45, 7) is 1.000. The maximum atomic E-state index is 12.3. The van der Waals surface area contributed by atoms with Crippen LogP contribution in [0.2, 0.25) is 0 Å². The van der Waals surface area contributed by atoms with E-state index in [1.165, 1.54) is 26.4 Å². The van der Waals surface area contributed by atoms with Gasteiger partial charge in [-0.05, 0) is 54.0 Å². The summed E-state index contributed by atoms with van der Waals surface area (Å²) in [7, 11) is 4.53.